The van der Waals surface area contributed by atoms with E-state index in [-0.39, 0.29) is 0 Å². The Balaban J connectivity index is 1.59. The molecule has 5 heteroatoms. The second kappa shape index (κ2) is 7.91. The molecular formula is C20H30N4O. The fraction of sp³-hybridized carbons (Fsp3) is 0.550. The van der Waals surface area contributed by atoms with Gasteiger partial charge in [0.15, 0.2) is 5.96 Å². The lowest BCUT2D eigenvalue weighted by Gasteiger charge is -2.20. The van der Waals surface area contributed by atoms with Gasteiger partial charge in [0.25, 0.3) is 0 Å². The molecule has 1 aromatic heterocycles. The summed E-state index contributed by atoms with van der Waals surface area (Å²) < 4.78 is 0. The van der Waals surface area contributed by atoms with Crippen LogP contribution in [-0.4, -0.2) is 41.3 Å². The summed E-state index contributed by atoms with van der Waals surface area (Å²) in [6.45, 7) is 6.32. The zero-order chi connectivity index (χ0) is 17.7. The summed E-state index contributed by atoms with van der Waals surface area (Å²) in [5, 5.41) is 18.5. The van der Waals surface area contributed by atoms with Crippen LogP contribution in [-0.2, 0) is 6.42 Å². The lowest BCUT2D eigenvalue weighted by Crippen LogP contribution is -2.40. The summed E-state index contributed by atoms with van der Waals surface area (Å²) in [4.78, 5) is 7.96. The summed E-state index contributed by atoms with van der Waals surface area (Å²) in [6, 6.07) is 6.36. The summed E-state index contributed by atoms with van der Waals surface area (Å²) in [5.41, 5.74) is 3.22. The Morgan fingerprint density at radius 2 is 2.08 bits per heavy atom. The van der Waals surface area contributed by atoms with E-state index in [4.69, 9.17) is 0 Å². The topological polar surface area (TPSA) is 72.4 Å². The third-order valence-electron chi connectivity index (χ3n) is 5.09. The van der Waals surface area contributed by atoms with Crippen molar-refractivity contribution >= 4 is 16.9 Å². The van der Waals surface area contributed by atoms with Crippen LogP contribution in [0.4, 0.5) is 0 Å². The van der Waals surface area contributed by atoms with Gasteiger partial charge in [0.05, 0.1) is 12.1 Å². The molecule has 0 unspecified atom stereocenters. The van der Waals surface area contributed by atoms with E-state index in [0.29, 0.717) is 6.54 Å². The maximum atomic E-state index is 10.5. The molecule has 0 aliphatic heterocycles. The van der Waals surface area contributed by atoms with Crippen molar-refractivity contribution in [2.24, 2.45) is 4.99 Å². The lowest BCUT2D eigenvalue weighted by atomic mass is 10.0. The predicted molar refractivity (Wildman–Crippen MR) is 104 cm³/mol. The monoisotopic (exact) mass is 342 g/mol. The van der Waals surface area contributed by atoms with Crippen molar-refractivity contribution in [2.45, 2.75) is 51.6 Å². The molecule has 0 saturated heterocycles. The van der Waals surface area contributed by atoms with E-state index in [0.717, 1.165) is 51.2 Å². The quantitative estimate of drug-likeness (QED) is 0.482. The molecule has 1 fully saturated rings. The highest BCUT2D eigenvalue weighted by Crippen LogP contribution is 2.29. The van der Waals surface area contributed by atoms with Crippen molar-refractivity contribution in [1.29, 1.82) is 0 Å². The van der Waals surface area contributed by atoms with Gasteiger partial charge in [-0.05, 0) is 50.3 Å². The highest BCUT2D eigenvalue weighted by molar-refractivity contribution is 5.86. The van der Waals surface area contributed by atoms with E-state index < -0.39 is 5.60 Å². The first-order valence-corrected chi connectivity index (χ1v) is 9.41. The highest BCUT2D eigenvalue weighted by atomic mass is 16.3. The van der Waals surface area contributed by atoms with Gasteiger partial charge in [-0.25, -0.2) is 0 Å². The molecule has 0 spiro atoms. The number of nitrogens with zero attached hydrogens (tertiary/aromatic N) is 1. The van der Waals surface area contributed by atoms with E-state index in [1.807, 2.05) is 0 Å². The van der Waals surface area contributed by atoms with Gasteiger partial charge in [-0.1, -0.05) is 25.0 Å². The minimum absolute atomic E-state index is 0.481. The first kappa shape index (κ1) is 17.8. The Hall–Kier alpha value is -2.01. The van der Waals surface area contributed by atoms with Gasteiger partial charge >= 0.3 is 0 Å². The van der Waals surface area contributed by atoms with Crippen LogP contribution in [0.15, 0.2) is 29.4 Å². The molecule has 0 amide bonds. The number of hydrogen-bond donors (Lipinski definition) is 4. The van der Waals surface area contributed by atoms with Crippen molar-refractivity contribution < 1.29 is 5.11 Å². The molecule has 1 aliphatic carbocycles. The van der Waals surface area contributed by atoms with Crippen LogP contribution in [0.1, 0.15) is 43.7 Å². The van der Waals surface area contributed by atoms with Gasteiger partial charge in [-0.3, -0.25) is 4.99 Å². The van der Waals surface area contributed by atoms with Gasteiger partial charge in [-0.2, -0.15) is 0 Å². The molecule has 5 nitrogen and oxygen atoms in total. The first-order chi connectivity index (χ1) is 12.1. The van der Waals surface area contributed by atoms with Gasteiger partial charge < -0.3 is 20.7 Å². The van der Waals surface area contributed by atoms with Gasteiger partial charge in [0.2, 0.25) is 0 Å². The maximum absolute atomic E-state index is 10.5. The fourth-order valence-corrected chi connectivity index (χ4v) is 3.72. The Morgan fingerprint density at radius 1 is 1.28 bits per heavy atom. The predicted octanol–water partition coefficient (Wildman–Crippen LogP) is 2.88. The Bertz CT molecular complexity index is 728. The SMILES string of the molecule is CCNC(=NCC1(O)CCCC1)NCCc1c[nH]c2cccc(C)c12. The smallest absolute Gasteiger partial charge is 0.191 e. The van der Waals surface area contributed by atoms with E-state index in [1.165, 1.54) is 22.0 Å². The van der Waals surface area contributed by atoms with E-state index in [2.05, 4.69) is 58.9 Å². The minimum atomic E-state index is -0.601. The normalized spacial score (nSPS) is 17.2. The molecule has 1 heterocycles. The van der Waals surface area contributed by atoms with E-state index in [1.54, 1.807) is 0 Å². The number of benzene rings is 1. The lowest BCUT2D eigenvalue weighted by molar-refractivity contribution is 0.0574. The first-order valence-electron chi connectivity index (χ1n) is 9.41. The highest BCUT2D eigenvalue weighted by Gasteiger charge is 2.30. The summed E-state index contributed by atoms with van der Waals surface area (Å²) in [5.74, 6) is 0.791. The molecule has 0 radical (unpaired) electrons. The van der Waals surface area contributed by atoms with E-state index >= 15 is 0 Å². The number of hydrogen-bond acceptors (Lipinski definition) is 2. The van der Waals surface area contributed by atoms with Crippen LogP contribution in [0.5, 0.6) is 0 Å². The van der Waals surface area contributed by atoms with Crippen LogP contribution < -0.4 is 10.6 Å². The molecule has 2 aromatic rings. The van der Waals surface area contributed by atoms with Gasteiger partial charge in [0.1, 0.15) is 0 Å². The third-order valence-corrected chi connectivity index (χ3v) is 5.09. The second-order valence-electron chi connectivity index (χ2n) is 7.11. The number of H-pyrrole nitrogens is 1. The van der Waals surface area contributed by atoms with Crippen LogP contribution in [0, 0.1) is 6.92 Å². The van der Waals surface area contributed by atoms with Gasteiger partial charge in [0, 0.05) is 30.2 Å². The molecule has 0 bridgehead atoms. The minimum Gasteiger partial charge on any atom is -0.388 e. The molecule has 3 rings (SSSR count). The van der Waals surface area contributed by atoms with Crippen LogP contribution in [0.2, 0.25) is 0 Å². The largest absolute Gasteiger partial charge is 0.388 e. The molecular weight excluding hydrogens is 312 g/mol. The summed E-state index contributed by atoms with van der Waals surface area (Å²) >= 11 is 0. The van der Waals surface area contributed by atoms with Crippen molar-refractivity contribution in [3.8, 4) is 0 Å². The molecule has 1 aromatic carbocycles. The Kier molecular flexibility index (Phi) is 5.63. The second-order valence-corrected chi connectivity index (χ2v) is 7.11. The van der Waals surface area contributed by atoms with Gasteiger partial charge in [-0.15, -0.1) is 0 Å². The number of aliphatic hydroxyl groups is 1. The number of aromatic nitrogens is 1. The molecule has 25 heavy (non-hydrogen) atoms. The molecule has 136 valence electrons. The molecule has 1 saturated carbocycles. The van der Waals surface area contributed by atoms with Crippen LogP contribution >= 0.6 is 0 Å². The number of guanidine groups is 1. The summed E-state index contributed by atoms with van der Waals surface area (Å²) in [6.07, 6.45) is 6.98. The van der Waals surface area contributed by atoms with Crippen LogP contribution in [0.3, 0.4) is 0 Å². The molecule has 0 atom stereocenters. The molecule has 4 N–H and O–H groups in total. The van der Waals surface area contributed by atoms with Crippen molar-refractivity contribution in [2.75, 3.05) is 19.6 Å². The Morgan fingerprint density at radius 3 is 2.84 bits per heavy atom. The van der Waals surface area contributed by atoms with E-state index in [9.17, 15) is 5.11 Å². The number of aromatic amines is 1. The van der Waals surface area contributed by atoms with Crippen molar-refractivity contribution in [3.63, 3.8) is 0 Å². The average molecular weight is 342 g/mol. The Labute approximate surface area is 149 Å². The summed E-state index contributed by atoms with van der Waals surface area (Å²) in [7, 11) is 0. The van der Waals surface area contributed by atoms with Crippen molar-refractivity contribution in [1.82, 2.24) is 15.6 Å². The third kappa shape index (κ3) is 4.34. The molecule has 1 aliphatic rings. The zero-order valence-corrected chi connectivity index (χ0v) is 15.4. The maximum Gasteiger partial charge on any atom is 0.191 e. The number of nitrogens with one attached hydrogen (secondary N) is 3. The fourth-order valence-electron chi connectivity index (χ4n) is 3.72. The zero-order valence-electron chi connectivity index (χ0n) is 15.4. The standard InChI is InChI=1S/C20H30N4O/c1-3-21-19(24-14-20(25)10-4-5-11-20)22-12-9-16-13-23-17-8-6-7-15(2)18(16)17/h6-8,13,23,25H,3-5,9-12,14H2,1-2H3,(H2,21,22,24). The number of aliphatic imine (C=N–C) groups is 1. The van der Waals surface area contributed by atoms with Crippen LogP contribution in [0.25, 0.3) is 10.9 Å². The average Bonchev–Trinajstić information content (AvgIpc) is 3.21. The van der Waals surface area contributed by atoms with Crippen molar-refractivity contribution in [3.05, 3.63) is 35.5 Å². The number of rotatable bonds is 6. The number of aryl methyl sites for hydroxylation is 1. The number of fused-ring (bicyclic) bond motifs is 1.